The van der Waals surface area contributed by atoms with Gasteiger partial charge in [-0.15, -0.1) is 0 Å². The smallest absolute Gasteiger partial charge is 0.308 e. The van der Waals surface area contributed by atoms with Crippen LogP contribution in [0.3, 0.4) is 0 Å². The van der Waals surface area contributed by atoms with E-state index in [-0.39, 0.29) is 59.8 Å². The van der Waals surface area contributed by atoms with Crippen LogP contribution in [-0.4, -0.2) is 70.0 Å². The van der Waals surface area contributed by atoms with E-state index in [0.717, 1.165) is 11.0 Å². The van der Waals surface area contributed by atoms with Crippen LogP contribution in [0.2, 0.25) is 0 Å². The summed E-state index contributed by atoms with van der Waals surface area (Å²) >= 11 is 0. The number of amides is 4. The van der Waals surface area contributed by atoms with Gasteiger partial charge in [-0.1, -0.05) is 6.07 Å². The number of nitro benzene ring substituents is 1. The van der Waals surface area contributed by atoms with Gasteiger partial charge in [-0.3, -0.25) is 39.0 Å². The molecule has 0 bridgehead atoms. The van der Waals surface area contributed by atoms with Crippen molar-refractivity contribution in [2.45, 2.75) is 38.6 Å². The number of non-ortho nitro benzene ring substituents is 1. The van der Waals surface area contributed by atoms with Crippen LogP contribution in [0, 0.1) is 10.1 Å². The molecule has 38 heavy (non-hydrogen) atoms. The monoisotopic (exact) mass is 522 g/mol. The van der Waals surface area contributed by atoms with Gasteiger partial charge in [-0.25, -0.2) is 0 Å². The SMILES string of the molecule is CC(=O)Oc1cccc(C(=O)NC2CCN(C(=O)CCCN3C(=O)c4ccc([N+](=O)[O-])cc4C3=O)CC2)c1. The Hall–Kier alpha value is -4.61. The number of carbonyl (C=O) groups excluding carboxylic acids is 5. The third-order valence-electron chi connectivity index (χ3n) is 6.48. The second-order valence-corrected chi connectivity index (χ2v) is 9.10. The van der Waals surface area contributed by atoms with Crippen molar-refractivity contribution in [3.63, 3.8) is 0 Å². The van der Waals surface area contributed by atoms with Crippen LogP contribution in [-0.2, 0) is 9.59 Å². The number of benzene rings is 2. The molecule has 2 aromatic carbocycles. The van der Waals surface area contributed by atoms with Gasteiger partial charge >= 0.3 is 5.97 Å². The van der Waals surface area contributed by atoms with E-state index >= 15 is 0 Å². The first-order chi connectivity index (χ1) is 18.1. The van der Waals surface area contributed by atoms with E-state index in [0.29, 0.717) is 31.5 Å². The molecule has 0 saturated carbocycles. The number of nitrogens with one attached hydrogen (secondary N) is 1. The fourth-order valence-electron chi connectivity index (χ4n) is 4.55. The number of hydrogen-bond acceptors (Lipinski definition) is 8. The van der Waals surface area contributed by atoms with Crippen molar-refractivity contribution >= 4 is 35.3 Å². The summed E-state index contributed by atoms with van der Waals surface area (Å²) in [5.41, 5.74) is 0.217. The van der Waals surface area contributed by atoms with Gasteiger partial charge in [-0.05, 0) is 43.5 Å². The normalized spacial score (nSPS) is 15.3. The number of nitro groups is 1. The van der Waals surface area contributed by atoms with Gasteiger partial charge < -0.3 is 15.0 Å². The molecule has 1 fully saturated rings. The zero-order chi connectivity index (χ0) is 27.4. The number of esters is 1. The number of hydrogen-bond donors (Lipinski definition) is 1. The van der Waals surface area contributed by atoms with Crippen LogP contribution in [0.5, 0.6) is 5.75 Å². The van der Waals surface area contributed by atoms with Crippen molar-refractivity contribution in [3.05, 3.63) is 69.3 Å². The molecule has 12 nitrogen and oxygen atoms in total. The molecule has 198 valence electrons. The summed E-state index contributed by atoms with van der Waals surface area (Å²) in [6.45, 7) is 2.22. The number of carbonyl (C=O) groups is 5. The second-order valence-electron chi connectivity index (χ2n) is 9.10. The molecular weight excluding hydrogens is 496 g/mol. The van der Waals surface area contributed by atoms with Crippen molar-refractivity contribution in [1.29, 1.82) is 0 Å². The van der Waals surface area contributed by atoms with E-state index < -0.39 is 22.7 Å². The Kier molecular flexibility index (Phi) is 7.79. The Bertz CT molecular complexity index is 1320. The lowest BCUT2D eigenvalue weighted by Crippen LogP contribution is -2.46. The Morgan fingerprint density at radius 3 is 2.45 bits per heavy atom. The Morgan fingerprint density at radius 1 is 1.05 bits per heavy atom. The zero-order valence-corrected chi connectivity index (χ0v) is 20.7. The molecule has 0 radical (unpaired) electrons. The molecule has 2 aromatic rings. The van der Waals surface area contributed by atoms with Crippen molar-refractivity contribution in [1.82, 2.24) is 15.1 Å². The van der Waals surface area contributed by atoms with Crippen molar-refractivity contribution in [2.24, 2.45) is 0 Å². The highest BCUT2D eigenvalue weighted by atomic mass is 16.6. The maximum Gasteiger partial charge on any atom is 0.308 e. The van der Waals surface area contributed by atoms with E-state index in [9.17, 15) is 34.1 Å². The average Bonchev–Trinajstić information content (AvgIpc) is 3.13. The van der Waals surface area contributed by atoms with E-state index in [1.165, 1.54) is 25.1 Å². The molecule has 0 spiro atoms. The molecule has 2 aliphatic rings. The molecule has 0 aromatic heterocycles. The third kappa shape index (κ3) is 5.85. The summed E-state index contributed by atoms with van der Waals surface area (Å²) in [5.74, 6) is -1.73. The lowest BCUT2D eigenvalue weighted by molar-refractivity contribution is -0.384. The Labute approximate surface area is 217 Å². The van der Waals surface area contributed by atoms with Crippen LogP contribution in [0.4, 0.5) is 5.69 Å². The summed E-state index contributed by atoms with van der Waals surface area (Å²) < 4.78 is 5.01. The molecule has 0 aliphatic carbocycles. The molecule has 4 amide bonds. The average molecular weight is 523 g/mol. The minimum absolute atomic E-state index is 0.00208. The van der Waals surface area contributed by atoms with E-state index in [1.54, 1.807) is 23.1 Å². The van der Waals surface area contributed by atoms with Crippen LogP contribution < -0.4 is 10.1 Å². The zero-order valence-electron chi connectivity index (χ0n) is 20.7. The quantitative estimate of drug-likeness (QED) is 0.182. The standard InChI is InChI=1S/C26H26N4O8/c1-16(31)38-20-5-2-4-17(14-20)24(33)27-18-9-12-28(13-10-18)23(32)6-3-11-29-25(34)21-8-7-19(30(36)37)15-22(21)26(29)35/h2,4-5,7-8,14-15,18H,3,6,9-13H2,1H3,(H,27,33). The van der Waals surface area contributed by atoms with Gasteiger partial charge in [0.25, 0.3) is 23.4 Å². The Balaban J connectivity index is 1.22. The molecule has 2 heterocycles. The van der Waals surface area contributed by atoms with Gasteiger partial charge in [0.2, 0.25) is 5.91 Å². The fraction of sp³-hybridized carbons (Fsp3) is 0.346. The number of rotatable bonds is 8. The maximum absolute atomic E-state index is 12.7. The number of piperidine rings is 1. The fourth-order valence-corrected chi connectivity index (χ4v) is 4.55. The first-order valence-corrected chi connectivity index (χ1v) is 12.2. The minimum atomic E-state index is -0.628. The molecular formula is C26H26N4O8. The molecule has 4 rings (SSSR count). The minimum Gasteiger partial charge on any atom is -0.427 e. The van der Waals surface area contributed by atoms with E-state index in [2.05, 4.69) is 5.32 Å². The second kappa shape index (κ2) is 11.2. The van der Waals surface area contributed by atoms with Gasteiger partial charge in [0.15, 0.2) is 0 Å². The predicted molar refractivity (Wildman–Crippen MR) is 133 cm³/mol. The summed E-state index contributed by atoms with van der Waals surface area (Å²) in [6.07, 6.45) is 1.53. The molecule has 2 aliphatic heterocycles. The largest absolute Gasteiger partial charge is 0.427 e. The van der Waals surface area contributed by atoms with Crippen LogP contribution in [0.15, 0.2) is 42.5 Å². The summed E-state index contributed by atoms with van der Waals surface area (Å²) in [5, 5.41) is 13.9. The first kappa shape index (κ1) is 26.5. The lowest BCUT2D eigenvalue weighted by Gasteiger charge is -2.32. The number of ether oxygens (including phenoxy) is 1. The van der Waals surface area contributed by atoms with Gasteiger partial charge in [0.1, 0.15) is 5.75 Å². The summed E-state index contributed by atoms with van der Waals surface area (Å²) in [7, 11) is 0. The number of fused-ring (bicyclic) bond motifs is 1. The summed E-state index contributed by atoms with van der Waals surface area (Å²) in [6, 6.07) is 9.76. The van der Waals surface area contributed by atoms with E-state index in [1.807, 2.05) is 0 Å². The molecule has 12 heteroatoms. The molecule has 1 saturated heterocycles. The Morgan fingerprint density at radius 2 is 1.76 bits per heavy atom. The van der Waals surface area contributed by atoms with Gasteiger partial charge in [0, 0.05) is 56.7 Å². The number of imide groups is 1. The maximum atomic E-state index is 12.7. The van der Waals surface area contributed by atoms with Crippen molar-refractivity contribution < 1.29 is 33.6 Å². The highest BCUT2D eigenvalue weighted by Crippen LogP contribution is 2.27. The van der Waals surface area contributed by atoms with Gasteiger partial charge in [0.05, 0.1) is 16.1 Å². The van der Waals surface area contributed by atoms with Crippen LogP contribution >= 0.6 is 0 Å². The highest BCUT2D eigenvalue weighted by molar-refractivity contribution is 6.21. The third-order valence-corrected chi connectivity index (χ3v) is 6.48. The first-order valence-electron chi connectivity index (χ1n) is 12.2. The number of likely N-dealkylation sites (tertiary alicyclic amines) is 1. The molecule has 1 N–H and O–H groups in total. The number of nitrogens with zero attached hydrogens (tertiary/aromatic N) is 3. The lowest BCUT2D eigenvalue weighted by atomic mass is 10.0. The molecule has 0 unspecified atom stereocenters. The van der Waals surface area contributed by atoms with Crippen LogP contribution in [0.25, 0.3) is 0 Å². The summed E-state index contributed by atoms with van der Waals surface area (Å²) in [4.78, 5) is 74.6. The van der Waals surface area contributed by atoms with Gasteiger partial charge in [-0.2, -0.15) is 0 Å². The van der Waals surface area contributed by atoms with Crippen molar-refractivity contribution in [2.75, 3.05) is 19.6 Å². The van der Waals surface area contributed by atoms with Crippen molar-refractivity contribution in [3.8, 4) is 5.75 Å². The van der Waals surface area contributed by atoms with E-state index in [4.69, 9.17) is 4.74 Å². The van der Waals surface area contributed by atoms with Crippen LogP contribution in [0.1, 0.15) is 63.7 Å². The predicted octanol–water partition coefficient (Wildman–Crippen LogP) is 2.32. The molecule has 0 atom stereocenters. The highest BCUT2D eigenvalue weighted by Gasteiger charge is 2.36. The topological polar surface area (TPSA) is 156 Å².